The van der Waals surface area contributed by atoms with E-state index in [0.29, 0.717) is 6.54 Å². The van der Waals surface area contributed by atoms with Gasteiger partial charge in [0.05, 0.1) is 17.3 Å². The highest BCUT2D eigenvalue weighted by molar-refractivity contribution is 6.33. The first-order valence-corrected chi connectivity index (χ1v) is 9.79. The van der Waals surface area contributed by atoms with E-state index >= 15 is 0 Å². The van der Waals surface area contributed by atoms with Gasteiger partial charge in [-0.1, -0.05) is 23.7 Å². The summed E-state index contributed by atoms with van der Waals surface area (Å²) in [4.78, 5) is 23.2. The Hall–Kier alpha value is -1.95. The number of halogens is 1. The van der Waals surface area contributed by atoms with E-state index in [1.807, 2.05) is 23.1 Å². The molecule has 1 amide bonds. The summed E-state index contributed by atoms with van der Waals surface area (Å²) < 4.78 is 0. The predicted octanol–water partition coefficient (Wildman–Crippen LogP) is 2.05. The van der Waals surface area contributed by atoms with Crippen molar-refractivity contribution in [2.24, 2.45) is 4.99 Å². The molecule has 142 valence electrons. The summed E-state index contributed by atoms with van der Waals surface area (Å²) in [6.45, 7) is 5.54. The predicted molar refractivity (Wildman–Crippen MR) is 107 cm³/mol. The van der Waals surface area contributed by atoms with Crippen molar-refractivity contribution in [2.45, 2.75) is 19.3 Å². The number of para-hydroxylation sites is 1. The zero-order valence-electron chi connectivity index (χ0n) is 15.5. The number of nitrogens with zero attached hydrogens (tertiary/aromatic N) is 4. The number of hydrogen-bond acceptors (Lipinski definition) is 3. The maximum Gasteiger partial charge on any atom is 0.241 e. The molecule has 1 aromatic rings. The second-order valence-electron chi connectivity index (χ2n) is 6.77. The van der Waals surface area contributed by atoms with Crippen LogP contribution in [-0.2, 0) is 4.79 Å². The van der Waals surface area contributed by atoms with E-state index in [1.54, 1.807) is 7.05 Å². The number of anilines is 1. The second-order valence-corrected chi connectivity index (χ2v) is 7.17. The largest absolute Gasteiger partial charge is 0.367 e. The minimum atomic E-state index is 0.167. The molecule has 7 heteroatoms. The van der Waals surface area contributed by atoms with E-state index < -0.39 is 0 Å². The molecule has 26 heavy (non-hydrogen) atoms. The molecule has 0 bridgehead atoms. The summed E-state index contributed by atoms with van der Waals surface area (Å²) in [7, 11) is 1.77. The lowest BCUT2D eigenvalue weighted by atomic mass is 10.1. The van der Waals surface area contributed by atoms with Crippen LogP contribution in [0, 0.1) is 0 Å². The van der Waals surface area contributed by atoms with Crippen LogP contribution in [0.1, 0.15) is 19.3 Å². The van der Waals surface area contributed by atoms with Gasteiger partial charge in [-0.25, -0.2) is 0 Å². The van der Waals surface area contributed by atoms with Crippen LogP contribution < -0.4 is 10.2 Å². The van der Waals surface area contributed by atoms with E-state index in [-0.39, 0.29) is 5.91 Å². The number of rotatable bonds is 3. The number of piperazine rings is 1. The van der Waals surface area contributed by atoms with Gasteiger partial charge in [0.2, 0.25) is 5.91 Å². The van der Waals surface area contributed by atoms with Gasteiger partial charge in [-0.15, -0.1) is 0 Å². The van der Waals surface area contributed by atoms with Gasteiger partial charge in [0.25, 0.3) is 0 Å². The molecule has 0 aliphatic carbocycles. The zero-order valence-corrected chi connectivity index (χ0v) is 16.2. The van der Waals surface area contributed by atoms with Crippen molar-refractivity contribution >= 4 is 29.2 Å². The van der Waals surface area contributed by atoms with Crippen LogP contribution in [0.5, 0.6) is 0 Å². The van der Waals surface area contributed by atoms with Gasteiger partial charge < -0.3 is 20.0 Å². The Morgan fingerprint density at radius 1 is 1.04 bits per heavy atom. The fraction of sp³-hybridized carbons (Fsp3) is 0.579. The summed E-state index contributed by atoms with van der Waals surface area (Å²) >= 11 is 6.31. The van der Waals surface area contributed by atoms with Crippen molar-refractivity contribution in [3.8, 4) is 0 Å². The molecule has 0 spiro atoms. The molecular weight excluding hydrogens is 350 g/mol. The van der Waals surface area contributed by atoms with Crippen LogP contribution in [0.25, 0.3) is 0 Å². The molecule has 3 rings (SSSR count). The molecule has 6 nitrogen and oxygen atoms in total. The van der Waals surface area contributed by atoms with E-state index in [0.717, 1.165) is 68.8 Å². The molecule has 0 atom stereocenters. The van der Waals surface area contributed by atoms with Crippen molar-refractivity contribution in [1.29, 1.82) is 0 Å². The average Bonchev–Trinajstić information content (AvgIpc) is 2.70. The Labute approximate surface area is 160 Å². The maximum atomic E-state index is 12.3. The summed E-state index contributed by atoms with van der Waals surface area (Å²) in [6.07, 6.45) is 3.46. The Morgan fingerprint density at radius 3 is 2.38 bits per heavy atom. The number of likely N-dealkylation sites (tertiary alicyclic amines) is 1. The second kappa shape index (κ2) is 9.12. The molecular formula is C19H28ClN5O. The maximum absolute atomic E-state index is 12.3. The van der Waals surface area contributed by atoms with Gasteiger partial charge >= 0.3 is 0 Å². The molecule has 2 fully saturated rings. The van der Waals surface area contributed by atoms with E-state index in [9.17, 15) is 4.79 Å². The monoisotopic (exact) mass is 377 g/mol. The molecule has 0 radical (unpaired) electrons. The molecule has 2 aliphatic rings. The molecule has 2 saturated heterocycles. The van der Waals surface area contributed by atoms with Crippen LogP contribution in [0.3, 0.4) is 0 Å². The van der Waals surface area contributed by atoms with Crippen molar-refractivity contribution in [1.82, 2.24) is 15.1 Å². The number of piperidine rings is 1. The molecule has 0 saturated carbocycles. The lowest BCUT2D eigenvalue weighted by molar-refractivity contribution is -0.130. The first-order valence-electron chi connectivity index (χ1n) is 9.42. The quantitative estimate of drug-likeness (QED) is 0.647. The molecule has 0 unspecified atom stereocenters. The Bertz CT molecular complexity index is 637. The van der Waals surface area contributed by atoms with E-state index in [1.165, 1.54) is 6.42 Å². The van der Waals surface area contributed by atoms with Crippen molar-refractivity contribution in [3.05, 3.63) is 29.3 Å². The summed E-state index contributed by atoms with van der Waals surface area (Å²) in [6, 6.07) is 7.95. The fourth-order valence-corrected chi connectivity index (χ4v) is 3.86. The third-order valence-corrected chi connectivity index (χ3v) is 5.41. The van der Waals surface area contributed by atoms with Gasteiger partial charge in [0.1, 0.15) is 0 Å². The number of hydrogen-bond donors (Lipinski definition) is 1. The van der Waals surface area contributed by atoms with Crippen molar-refractivity contribution in [2.75, 3.05) is 57.8 Å². The van der Waals surface area contributed by atoms with Crippen LogP contribution in [0.2, 0.25) is 5.02 Å². The zero-order chi connectivity index (χ0) is 18.4. The van der Waals surface area contributed by atoms with Crippen LogP contribution >= 0.6 is 11.6 Å². The summed E-state index contributed by atoms with van der Waals surface area (Å²) in [5.74, 6) is 0.967. The van der Waals surface area contributed by atoms with Gasteiger partial charge in [0.15, 0.2) is 5.96 Å². The average molecular weight is 378 g/mol. The Morgan fingerprint density at radius 2 is 1.73 bits per heavy atom. The highest BCUT2D eigenvalue weighted by Gasteiger charge is 2.22. The third-order valence-electron chi connectivity index (χ3n) is 5.09. The van der Waals surface area contributed by atoms with Gasteiger partial charge in [-0.2, -0.15) is 0 Å². The van der Waals surface area contributed by atoms with E-state index in [2.05, 4.69) is 26.2 Å². The Balaban J connectivity index is 1.49. The summed E-state index contributed by atoms with van der Waals surface area (Å²) in [5.41, 5.74) is 1.08. The third kappa shape index (κ3) is 4.61. The number of carbonyl (C=O) groups excluding carboxylic acids is 1. The number of guanidine groups is 1. The van der Waals surface area contributed by atoms with E-state index in [4.69, 9.17) is 11.6 Å². The van der Waals surface area contributed by atoms with Crippen LogP contribution in [-0.4, -0.2) is 74.5 Å². The number of aliphatic imine (C=N–C) groups is 1. The molecule has 1 N–H and O–H groups in total. The standard InChI is InChI=1S/C19H28ClN5O/c1-21-19(22-15-18(26)24-9-5-2-6-10-24)25-13-11-23(12-14-25)17-8-4-3-7-16(17)20/h3-4,7-8H,2,5-6,9-15H2,1H3,(H,21,22). The van der Waals surface area contributed by atoms with Gasteiger partial charge in [-0.3, -0.25) is 9.79 Å². The number of nitrogens with one attached hydrogen (secondary N) is 1. The number of amides is 1. The lowest BCUT2D eigenvalue weighted by Gasteiger charge is -2.38. The van der Waals surface area contributed by atoms with Crippen LogP contribution in [0.15, 0.2) is 29.3 Å². The van der Waals surface area contributed by atoms with Crippen LogP contribution in [0.4, 0.5) is 5.69 Å². The van der Waals surface area contributed by atoms with Gasteiger partial charge in [0, 0.05) is 46.3 Å². The smallest absolute Gasteiger partial charge is 0.241 e. The minimum Gasteiger partial charge on any atom is -0.367 e. The highest BCUT2D eigenvalue weighted by atomic mass is 35.5. The molecule has 2 heterocycles. The normalized spacial score (nSPS) is 18.8. The lowest BCUT2D eigenvalue weighted by Crippen LogP contribution is -2.54. The first kappa shape index (κ1) is 18.8. The molecule has 1 aromatic carbocycles. The molecule has 2 aliphatic heterocycles. The fourth-order valence-electron chi connectivity index (χ4n) is 3.61. The van der Waals surface area contributed by atoms with Gasteiger partial charge in [-0.05, 0) is 31.4 Å². The van der Waals surface area contributed by atoms with Crippen molar-refractivity contribution < 1.29 is 4.79 Å². The SMILES string of the molecule is CN=C(NCC(=O)N1CCCCC1)N1CCN(c2ccccc2Cl)CC1. The first-order chi connectivity index (χ1) is 12.7. The highest BCUT2D eigenvalue weighted by Crippen LogP contribution is 2.26. The minimum absolute atomic E-state index is 0.167. The summed E-state index contributed by atoms with van der Waals surface area (Å²) in [5, 5.41) is 4.03. The van der Waals surface area contributed by atoms with Crippen molar-refractivity contribution in [3.63, 3.8) is 0 Å². The number of benzene rings is 1. The number of carbonyl (C=O) groups is 1. The Kier molecular flexibility index (Phi) is 6.61. The molecule has 0 aromatic heterocycles. The topological polar surface area (TPSA) is 51.2 Å².